The number of pyridine rings is 1. The highest BCUT2D eigenvalue weighted by Gasteiger charge is 2.33. The fourth-order valence-corrected chi connectivity index (χ4v) is 2.15. The van der Waals surface area contributed by atoms with Gasteiger partial charge in [-0.05, 0) is 29.8 Å². The van der Waals surface area contributed by atoms with Crippen molar-refractivity contribution in [3.05, 3.63) is 71.9 Å². The Kier molecular flexibility index (Phi) is 4.60. The summed E-state index contributed by atoms with van der Waals surface area (Å²) >= 11 is 0. The number of benzene rings is 1. The maximum Gasteiger partial charge on any atom is 0.433 e. The van der Waals surface area contributed by atoms with Crippen molar-refractivity contribution in [1.29, 1.82) is 0 Å². The molecule has 0 bridgehead atoms. The molecule has 0 aliphatic heterocycles. The molecule has 1 aromatic carbocycles. The molecule has 0 unspecified atom stereocenters. The van der Waals surface area contributed by atoms with Crippen LogP contribution in [0.15, 0.2) is 54.9 Å². The Hall–Kier alpha value is -3.03. The maximum absolute atomic E-state index is 13.2. The van der Waals surface area contributed by atoms with Crippen LogP contribution in [0.1, 0.15) is 11.3 Å². The third kappa shape index (κ3) is 4.28. The van der Waals surface area contributed by atoms with Gasteiger partial charge in [0.05, 0.1) is 0 Å². The Morgan fingerprint density at radius 3 is 2.40 bits per heavy atom. The minimum Gasteiger partial charge on any atom is -0.366 e. The van der Waals surface area contributed by atoms with Crippen molar-refractivity contribution in [3.63, 3.8) is 0 Å². The molecule has 0 fully saturated rings. The van der Waals surface area contributed by atoms with Gasteiger partial charge in [-0.1, -0.05) is 12.1 Å². The fraction of sp³-hybridized carbons (Fsp3) is 0.118. The summed E-state index contributed by atoms with van der Waals surface area (Å²) in [6, 6.07) is 9.63. The molecule has 3 aromatic rings. The summed E-state index contributed by atoms with van der Waals surface area (Å²) in [5.74, 6) is -0.493. The van der Waals surface area contributed by atoms with Crippen molar-refractivity contribution in [1.82, 2.24) is 15.0 Å². The molecule has 1 N–H and O–H groups in total. The predicted octanol–water partition coefficient (Wildman–Crippen LogP) is 4.31. The van der Waals surface area contributed by atoms with Gasteiger partial charge in [0.15, 0.2) is 11.5 Å². The van der Waals surface area contributed by atoms with Crippen molar-refractivity contribution < 1.29 is 17.6 Å². The van der Waals surface area contributed by atoms with Gasteiger partial charge in [-0.3, -0.25) is 4.98 Å². The minimum atomic E-state index is -4.61. The van der Waals surface area contributed by atoms with E-state index in [0.29, 0.717) is 11.1 Å². The lowest BCUT2D eigenvalue weighted by Gasteiger charge is -2.12. The first kappa shape index (κ1) is 16.8. The zero-order chi connectivity index (χ0) is 17.9. The molecule has 0 saturated heterocycles. The lowest BCUT2D eigenvalue weighted by molar-refractivity contribution is -0.141. The highest BCUT2D eigenvalue weighted by molar-refractivity contribution is 5.57. The van der Waals surface area contributed by atoms with Crippen molar-refractivity contribution in [2.45, 2.75) is 12.7 Å². The van der Waals surface area contributed by atoms with E-state index in [4.69, 9.17) is 0 Å². The Labute approximate surface area is 140 Å². The van der Waals surface area contributed by atoms with Gasteiger partial charge in [0, 0.05) is 30.6 Å². The van der Waals surface area contributed by atoms with Crippen LogP contribution in [0.2, 0.25) is 0 Å². The van der Waals surface area contributed by atoms with Crippen LogP contribution in [0.4, 0.5) is 23.4 Å². The van der Waals surface area contributed by atoms with E-state index in [-0.39, 0.29) is 18.2 Å². The first-order valence-electron chi connectivity index (χ1n) is 7.27. The summed E-state index contributed by atoms with van der Waals surface area (Å²) in [7, 11) is 0. The monoisotopic (exact) mass is 348 g/mol. The first-order chi connectivity index (χ1) is 11.9. The molecule has 0 saturated carbocycles. The number of nitrogens with one attached hydrogen (secondary N) is 1. The Bertz CT molecular complexity index is 866. The third-order valence-electron chi connectivity index (χ3n) is 3.32. The maximum atomic E-state index is 13.2. The van der Waals surface area contributed by atoms with E-state index in [1.54, 1.807) is 6.07 Å². The van der Waals surface area contributed by atoms with Crippen molar-refractivity contribution in [2.24, 2.45) is 0 Å². The summed E-state index contributed by atoms with van der Waals surface area (Å²) < 4.78 is 52.5. The van der Waals surface area contributed by atoms with E-state index in [2.05, 4.69) is 20.3 Å². The van der Waals surface area contributed by atoms with E-state index in [1.165, 1.54) is 42.7 Å². The second-order valence-corrected chi connectivity index (χ2v) is 5.18. The summed E-state index contributed by atoms with van der Waals surface area (Å²) in [6.45, 7) is 0.127. The van der Waals surface area contributed by atoms with Gasteiger partial charge in [0.1, 0.15) is 11.6 Å². The number of rotatable bonds is 4. The van der Waals surface area contributed by atoms with Crippen LogP contribution in [0.25, 0.3) is 11.4 Å². The molecule has 2 heterocycles. The van der Waals surface area contributed by atoms with Gasteiger partial charge in [-0.2, -0.15) is 13.2 Å². The van der Waals surface area contributed by atoms with Crippen molar-refractivity contribution >= 4 is 5.82 Å². The topological polar surface area (TPSA) is 50.7 Å². The summed E-state index contributed by atoms with van der Waals surface area (Å²) in [5.41, 5.74) is -0.0661. The quantitative estimate of drug-likeness (QED) is 0.714. The largest absolute Gasteiger partial charge is 0.433 e. The third-order valence-corrected chi connectivity index (χ3v) is 3.32. The normalized spacial score (nSPS) is 11.4. The molecular formula is C17H12F4N4. The second-order valence-electron chi connectivity index (χ2n) is 5.18. The van der Waals surface area contributed by atoms with Crippen molar-refractivity contribution in [2.75, 3.05) is 5.32 Å². The predicted molar refractivity (Wildman–Crippen MR) is 84.0 cm³/mol. The SMILES string of the molecule is Fc1cccc(CNc2cc(C(F)(F)F)nc(-c3ccncc3)n2)c1. The molecule has 8 heteroatoms. The Balaban J connectivity index is 1.92. The molecule has 0 atom stereocenters. The zero-order valence-corrected chi connectivity index (χ0v) is 12.8. The highest BCUT2D eigenvalue weighted by Crippen LogP contribution is 2.30. The average molecular weight is 348 g/mol. The summed E-state index contributed by atoms with van der Waals surface area (Å²) in [5, 5.41) is 2.78. The Morgan fingerprint density at radius 1 is 0.960 bits per heavy atom. The fourth-order valence-electron chi connectivity index (χ4n) is 2.15. The molecule has 0 spiro atoms. The molecule has 25 heavy (non-hydrogen) atoms. The molecule has 0 aliphatic carbocycles. The van der Waals surface area contributed by atoms with Crippen LogP contribution in [0, 0.1) is 5.82 Å². The van der Waals surface area contributed by atoms with E-state index >= 15 is 0 Å². The number of nitrogens with zero attached hydrogens (tertiary/aromatic N) is 3. The molecule has 0 radical (unpaired) electrons. The van der Waals surface area contributed by atoms with E-state index in [9.17, 15) is 17.6 Å². The number of hydrogen-bond donors (Lipinski definition) is 1. The van der Waals surface area contributed by atoms with Crippen LogP contribution in [-0.4, -0.2) is 15.0 Å². The molecule has 2 aromatic heterocycles. The number of alkyl halides is 3. The van der Waals surface area contributed by atoms with Gasteiger partial charge < -0.3 is 5.32 Å². The number of hydrogen-bond acceptors (Lipinski definition) is 4. The van der Waals surface area contributed by atoms with Gasteiger partial charge >= 0.3 is 6.18 Å². The summed E-state index contributed by atoms with van der Waals surface area (Å²) in [6.07, 6.45) is -1.72. The van der Waals surface area contributed by atoms with Gasteiger partial charge in [0.25, 0.3) is 0 Å². The average Bonchev–Trinajstić information content (AvgIpc) is 2.60. The van der Waals surface area contributed by atoms with E-state index in [1.807, 2.05) is 0 Å². The van der Waals surface area contributed by atoms with Crippen LogP contribution in [0.3, 0.4) is 0 Å². The number of anilines is 1. The van der Waals surface area contributed by atoms with Gasteiger partial charge in [0.2, 0.25) is 0 Å². The minimum absolute atomic E-state index is 0.00148. The highest BCUT2D eigenvalue weighted by atomic mass is 19.4. The lowest BCUT2D eigenvalue weighted by Crippen LogP contribution is -2.12. The van der Waals surface area contributed by atoms with Crippen molar-refractivity contribution in [3.8, 4) is 11.4 Å². The lowest BCUT2D eigenvalue weighted by atomic mass is 10.2. The smallest absolute Gasteiger partial charge is 0.366 e. The molecule has 0 aliphatic rings. The van der Waals surface area contributed by atoms with E-state index < -0.39 is 17.7 Å². The summed E-state index contributed by atoms with van der Waals surface area (Å²) in [4.78, 5) is 11.5. The van der Waals surface area contributed by atoms with Gasteiger partial charge in [-0.15, -0.1) is 0 Å². The van der Waals surface area contributed by atoms with Crippen LogP contribution < -0.4 is 5.32 Å². The van der Waals surface area contributed by atoms with Gasteiger partial charge in [-0.25, -0.2) is 14.4 Å². The second kappa shape index (κ2) is 6.84. The molecular weight excluding hydrogens is 336 g/mol. The first-order valence-corrected chi connectivity index (χ1v) is 7.27. The Morgan fingerprint density at radius 2 is 1.72 bits per heavy atom. The molecule has 128 valence electrons. The van der Waals surface area contributed by atoms with Crippen LogP contribution in [0.5, 0.6) is 0 Å². The van der Waals surface area contributed by atoms with Crippen LogP contribution >= 0.6 is 0 Å². The number of halogens is 4. The molecule has 4 nitrogen and oxygen atoms in total. The molecule has 3 rings (SSSR count). The van der Waals surface area contributed by atoms with Crippen LogP contribution in [-0.2, 0) is 12.7 Å². The number of aromatic nitrogens is 3. The molecule has 0 amide bonds. The standard InChI is InChI=1S/C17H12F4N4/c18-13-3-1-2-11(8-13)10-23-15-9-14(17(19,20)21)24-16(25-15)12-4-6-22-7-5-12/h1-9H,10H2,(H,23,24,25). The zero-order valence-electron chi connectivity index (χ0n) is 12.8. The van der Waals surface area contributed by atoms with E-state index in [0.717, 1.165) is 6.07 Å².